The summed E-state index contributed by atoms with van der Waals surface area (Å²) in [5, 5.41) is 3.47. The number of aromatic nitrogens is 1. The lowest BCUT2D eigenvalue weighted by Crippen LogP contribution is -2.24. The minimum absolute atomic E-state index is 0.157. The van der Waals surface area contributed by atoms with Crippen LogP contribution < -0.4 is 11.2 Å². The van der Waals surface area contributed by atoms with Crippen LogP contribution in [0.1, 0.15) is 5.56 Å². The Morgan fingerprint density at radius 3 is 2.65 bits per heavy atom. The van der Waals surface area contributed by atoms with E-state index in [4.69, 9.17) is 17.3 Å². The van der Waals surface area contributed by atoms with Crippen LogP contribution in [-0.2, 0) is 0 Å². The quantitative estimate of drug-likeness (QED) is 0.518. The predicted molar refractivity (Wildman–Crippen MR) is 75.0 cm³/mol. The molecule has 2 amide bonds. The van der Waals surface area contributed by atoms with E-state index in [0.717, 1.165) is 11.1 Å². The zero-order chi connectivity index (χ0) is 14.5. The van der Waals surface area contributed by atoms with Gasteiger partial charge in [0.1, 0.15) is 0 Å². The van der Waals surface area contributed by atoms with E-state index in [1.807, 2.05) is 0 Å². The van der Waals surface area contributed by atoms with Gasteiger partial charge in [0.05, 0.1) is 6.21 Å². The average molecular weight is 293 g/mol. The Morgan fingerprint density at radius 2 is 2.05 bits per heavy atom. The second kappa shape index (κ2) is 6.12. The molecule has 0 aliphatic heterocycles. The fourth-order valence-electron chi connectivity index (χ4n) is 1.51. The molecule has 0 spiro atoms. The summed E-state index contributed by atoms with van der Waals surface area (Å²) in [6, 6.07) is 7.64. The molecule has 5 nitrogen and oxygen atoms in total. The van der Waals surface area contributed by atoms with Crippen molar-refractivity contribution in [1.82, 2.24) is 10.4 Å². The van der Waals surface area contributed by atoms with Gasteiger partial charge in [-0.15, -0.1) is 0 Å². The van der Waals surface area contributed by atoms with E-state index in [1.165, 1.54) is 18.5 Å². The van der Waals surface area contributed by atoms with Gasteiger partial charge in [-0.1, -0.05) is 35.9 Å². The first-order chi connectivity index (χ1) is 9.56. The summed E-state index contributed by atoms with van der Waals surface area (Å²) in [4.78, 5) is 14.2. The van der Waals surface area contributed by atoms with Crippen molar-refractivity contribution in [2.75, 3.05) is 0 Å². The molecule has 0 aliphatic rings. The molecule has 3 N–H and O–H groups in total. The molecule has 2 rings (SSSR count). The Bertz CT molecular complexity index is 658. The monoisotopic (exact) mass is 292 g/mol. The van der Waals surface area contributed by atoms with Crippen LogP contribution in [0.5, 0.6) is 0 Å². The number of hydrogen-bond donors (Lipinski definition) is 2. The van der Waals surface area contributed by atoms with Gasteiger partial charge in [-0.25, -0.2) is 19.6 Å². The van der Waals surface area contributed by atoms with Gasteiger partial charge in [0.15, 0.2) is 11.0 Å². The second-order valence-electron chi connectivity index (χ2n) is 3.85. The number of primary amides is 1. The van der Waals surface area contributed by atoms with Crippen molar-refractivity contribution >= 4 is 23.8 Å². The Hall–Kier alpha value is -2.47. The first-order valence-corrected chi connectivity index (χ1v) is 5.94. The Morgan fingerprint density at radius 1 is 1.35 bits per heavy atom. The topological polar surface area (TPSA) is 80.4 Å². The fourth-order valence-corrected chi connectivity index (χ4v) is 1.61. The first-order valence-electron chi connectivity index (χ1n) is 5.56. The van der Waals surface area contributed by atoms with Gasteiger partial charge in [0.2, 0.25) is 0 Å². The highest BCUT2D eigenvalue weighted by atomic mass is 35.5. The van der Waals surface area contributed by atoms with Crippen LogP contribution in [0.25, 0.3) is 11.1 Å². The highest BCUT2D eigenvalue weighted by molar-refractivity contribution is 6.29. The van der Waals surface area contributed by atoms with Gasteiger partial charge in [-0.05, 0) is 17.2 Å². The molecule has 0 atom stereocenters. The normalized spacial score (nSPS) is 10.7. The number of hydrogen-bond acceptors (Lipinski definition) is 3. The number of carbonyl (C=O) groups is 1. The smallest absolute Gasteiger partial charge is 0.332 e. The van der Waals surface area contributed by atoms with Crippen molar-refractivity contribution in [3.05, 3.63) is 53.1 Å². The predicted octanol–water partition coefficient (Wildman–Crippen LogP) is 2.54. The maximum atomic E-state index is 13.3. The van der Waals surface area contributed by atoms with Gasteiger partial charge in [-0.3, -0.25) is 0 Å². The molecule has 0 fully saturated rings. The molecule has 2 aromatic rings. The summed E-state index contributed by atoms with van der Waals surface area (Å²) >= 11 is 5.53. The number of nitrogens with zero attached hydrogens (tertiary/aromatic N) is 2. The molecular weight excluding hydrogens is 283 g/mol. The van der Waals surface area contributed by atoms with E-state index in [0.29, 0.717) is 5.56 Å². The molecule has 0 unspecified atom stereocenters. The molecule has 1 aromatic carbocycles. The summed E-state index contributed by atoms with van der Waals surface area (Å²) in [6.07, 6.45) is 2.93. The standard InChI is InChI=1S/C13H10ClFN4O/c14-12-11(15)5-10(7-17-12)9-3-1-8(2-4-9)6-18-19-13(16)20/h1-7H,(H3,16,19,20). The lowest BCUT2D eigenvalue weighted by molar-refractivity contribution is 0.249. The van der Waals surface area contributed by atoms with Gasteiger partial charge < -0.3 is 5.73 Å². The summed E-state index contributed by atoms with van der Waals surface area (Å²) in [5.74, 6) is -0.569. The largest absolute Gasteiger partial charge is 0.350 e. The van der Waals surface area contributed by atoms with Gasteiger partial charge in [0.25, 0.3) is 0 Å². The van der Waals surface area contributed by atoms with Crippen LogP contribution in [0.4, 0.5) is 9.18 Å². The number of nitrogens with one attached hydrogen (secondary N) is 1. The third kappa shape index (κ3) is 3.52. The minimum atomic E-state index is -0.736. The van der Waals surface area contributed by atoms with E-state index < -0.39 is 11.8 Å². The summed E-state index contributed by atoms with van der Waals surface area (Å²) in [5.41, 5.74) is 9.11. The van der Waals surface area contributed by atoms with Crippen molar-refractivity contribution in [2.24, 2.45) is 10.8 Å². The Kier molecular flexibility index (Phi) is 4.27. The molecule has 7 heteroatoms. The lowest BCUT2D eigenvalue weighted by Gasteiger charge is -2.02. The van der Waals surface area contributed by atoms with Crippen LogP contribution in [-0.4, -0.2) is 17.2 Å². The average Bonchev–Trinajstić information content (AvgIpc) is 2.42. The number of rotatable bonds is 3. The number of pyridine rings is 1. The third-order valence-corrected chi connectivity index (χ3v) is 2.71. The second-order valence-corrected chi connectivity index (χ2v) is 4.21. The van der Waals surface area contributed by atoms with Crippen LogP contribution in [0, 0.1) is 5.82 Å². The third-order valence-electron chi connectivity index (χ3n) is 2.43. The maximum absolute atomic E-state index is 13.3. The molecule has 0 radical (unpaired) electrons. The van der Waals surface area contributed by atoms with Gasteiger partial charge in [0, 0.05) is 11.8 Å². The van der Waals surface area contributed by atoms with Crippen molar-refractivity contribution in [2.45, 2.75) is 0 Å². The zero-order valence-electron chi connectivity index (χ0n) is 10.2. The summed E-state index contributed by atoms with van der Waals surface area (Å²) in [7, 11) is 0. The molecular formula is C13H10ClFN4O. The van der Waals surface area contributed by atoms with E-state index in [1.54, 1.807) is 24.3 Å². The summed E-state index contributed by atoms with van der Waals surface area (Å²) < 4.78 is 13.3. The Labute approximate surface area is 119 Å². The van der Waals surface area contributed by atoms with Crippen LogP contribution in [0.15, 0.2) is 41.6 Å². The van der Waals surface area contributed by atoms with Crippen molar-refractivity contribution < 1.29 is 9.18 Å². The van der Waals surface area contributed by atoms with Crippen molar-refractivity contribution in [1.29, 1.82) is 0 Å². The van der Waals surface area contributed by atoms with E-state index >= 15 is 0 Å². The molecule has 0 saturated carbocycles. The van der Waals surface area contributed by atoms with E-state index in [-0.39, 0.29) is 5.15 Å². The van der Waals surface area contributed by atoms with Gasteiger partial charge >= 0.3 is 6.03 Å². The SMILES string of the molecule is NC(=O)NN=Cc1ccc(-c2cnc(Cl)c(F)c2)cc1. The maximum Gasteiger partial charge on any atom is 0.332 e. The number of carbonyl (C=O) groups excluding carboxylic acids is 1. The first kappa shape index (κ1) is 14.0. The number of amides is 2. The molecule has 1 heterocycles. The molecule has 1 aromatic heterocycles. The van der Waals surface area contributed by atoms with E-state index in [9.17, 15) is 9.18 Å². The fraction of sp³-hybridized carbons (Fsp3) is 0. The van der Waals surface area contributed by atoms with Gasteiger partial charge in [-0.2, -0.15) is 5.10 Å². The highest BCUT2D eigenvalue weighted by Crippen LogP contribution is 2.22. The number of urea groups is 1. The number of benzene rings is 1. The summed E-state index contributed by atoms with van der Waals surface area (Å²) in [6.45, 7) is 0. The lowest BCUT2D eigenvalue weighted by atomic mass is 10.1. The minimum Gasteiger partial charge on any atom is -0.350 e. The number of nitrogens with two attached hydrogens (primary N) is 1. The highest BCUT2D eigenvalue weighted by Gasteiger charge is 2.04. The molecule has 20 heavy (non-hydrogen) atoms. The van der Waals surface area contributed by atoms with Crippen molar-refractivity contribution in [3.63, 3.8) is 0 Å². The molecule has 0 aliphatic carbocycles. The molecule has 0 bridgehead atoms. The number of hydrazone groups is 1. The molecule has 102 valence electrons. The van der Waals surface area contributed by atoms with Crippen LogP contribution in [0.3, 0.4) is 0 Å². The van der Waals surface area contributed by atoms with Crippen molar-refractivity contribution in [3.8, 4) is 11.1 Å². The molecule has 0 saturated heterocycles. The van der Waals surface area contributed by atoms with Crippen LogP contribution >= 0.6 is 11.6 Å². The number of halogens is 2. The van der Waals surface area contributed by atoms with Crippen LogP contribution in [0.2, 0.25) is 5.15 Å². The Balaban J connectivity index is 2.17. The van der Waals surface area contributed by atoms with E-state index in [2.05, 4.69) is 15.5 Å². The zero-order valence-corrected chi connectivity index (χ0v) is 10.9.